The van der Waals surface area contributed by atoms with Crippen molar-refractivity contribution in [1.82, 2.24) is 14.7 Å². The standard InChI is InChI=1S/C16H24ClFN4O.C11H18/c1-20-8-10-22(11-9-20)7-3-6-21(2)16(23)19-13-4-5-15(18)14(17)12-13;1-5-8-9-11(7-3)10(4)6-2/h4-5,12H,3,6-11H2,1-2H3,(H,19,23);5,8-9H,1,6-7H2,2-4H3/b;9-8-,11-10+. The van der Waals surface area contributed by atoms with Gasteiger partial charge in [0.05, 0.1) is 5.02 Å². The van der Waals surface area contributed by atoms with Crippen molar-refractivity contribution in [2.24, 2.45) is 0 Å². The smallest absolute Gasteiger partial charge is 0.321 e. The fourth-order valence-electron chi connectivity index (χ4n) is 3.47. The Morgan fingerprint density at radius 2 is 1.91 bits per heavy atom. The Morgan fingerprint density at radius 1 is 1.24 bits per heavy atom. The molecule has 2 amide bonds. The number of hydrogen-bond donors (Lipinski definition) is 1. The number of anilines is 1. The van der Waals surface area contributed by atoms with Gasteiger partial charge in [0.15, 0.2) is 0 Å². The number of carbonyl (C=O) groups is 1. The first-order valence-electron chi connectivity index (χ1n) is 12.1. The van der Waals surface area contributed by atoms with Gasteiger partial charge in [-0.15, -0.1) is 0 Å². The Balaban J connectivity index is 0.000000445. The molecule has 1 aromatic rings. The van der Waals surface area contributed by atoms with Crippen LogP contribution in [0.2, 0.25) is 5.02 Å². The fraction of sp³-hybridized carbons (Fsp3) is 0.519. The maximum atomic E-state index is 13.1. The first kappa shape index (κ1) is 29.9. The Morgan fingerprint density at radius 3 is 2.47 bits per heavy atom. The monoisotopic (exact) mass is 492 g/mol. The molecule has 34 heavy (non-hydrogen) atoms. The van der Waals surface area contributed by atoms with Crippen LogP contribution in [-0.4, -0.2) is 74.1 Å². The average molecular weight is 493 g/mol. The molecule has 5 nitrogen and oxygen atoms in total. The number of benzene rings is 1. The molecule has 1 aliphatic heterocycles. The van der Waals surface area contributed by atoms with Gasteiger partial charge in [0, 0.05) is 45.5 Å². The Hall–Kier alpha value is -2.15. The van der Waals surface area contributed by atoms with Gasteiger partial charge in [-0.1, -0.05) is 55.8 Å². The van der Waals surface area contributed by atoms with Crippen LogP contribution in [0.15, 0.2) is 54.2 Å². The number of rotatable bonds is 9. The van der Waals surface area contributed by atoms with E-state index in [9.17, 15) is 9.18 Å². The van der Waals surface area contributed by atoms with Gasteiger partial charge in [0.1, 0.15) is 5.82 Å². The molecule has 1 saturated heterocycles. The van der Waals surface area contributed by atoms with Crippen molar-refractivity contribution < 1.29 is 9.18 Å². The number of amides is 2. The molecule has 0 aliphatic carbocycles. The van der Waals surface area contributed by atoms with E-state index in [2.05, 4.69) is 55.6 Å². The number of likely N-dealkylation sites (N-methyl/N-ethyl adjacent to an activating group) is 1. The van der Waals surface area contributed by atoms with E-state index in [1.54, 1.807) is 11.9 Å². The molecule has 0 spiro atoms. The number of halogens is 2. The highest BCUT2D eigenvalue weighted by molar-refractivity contribution is 6.31. The van der Waals surface area contributed by atoms with Crippen LogP contribution in [0.1, 0.15) is 40.0 Å². The molecule has 1 aliphatic rings. The number of carbonyl (C=O) groups excluding carboxylic acids is 1. The molecule has 2 rings (SSSR count). The lowest BCUT2D eigenvalue weighted by Gasteiger charge is -2.32. The number of nitrogens with one attached hydrogen (secondary N) is 1. The SMILES string of the molecule is C=C/C=C\C(CC)=C(/C)CC.CN1CCN(CCCN(C)C(=O)Nc2ccc(F)c(Cl)c2)CC1. The van der Waals surface area contributed by atoms with Crippen molar-refractivity contribution in [2.45, 2.75) is 40.0 Å². The van der Waals surface area contributed by atoms with Gasteiger partial charge in [-0.25, -0.2) is 9.18 Å². The zero-order valence-electron chi connectivity index (χ0n) is 21.5. The molecule has 7 heteroatoms. The summed E-state index contributed by atoms with van der Waals surface area (Å²) in [5.41, 5.74) is 3.41. The highest BCUT2D eigenvalue weighted by atomic mass is 35.5. The lowest BCUT2D eigenvalue weighted by molar-refractivity contribution is 0.149. The molecule has 0 aromatic heterocycles. The highest BCUT2D eigenvalue weighted by Gasteiger charge is 2.14. The Labute approximate surface area is 210 Å². The molecule has 1 aromatic carbocycles. The van der Waals surface area contributed by atoms with Crippen LogP contribution >= 0.6 is 11.6 Å². The highest BCUT2D eigenvalue weighted by Crippen LogP contribution is 2.19. The number of piperazine rings is 1. The largest absolute Gasteiger partial charge is 0.328 e. The van der Waals surface area contributed by atoms with Crippen LogP contribution < -0.4 is 5.32 Å². The van der Waals surface area contributed by atoms with E-state index in [1.165, 1.54) is 29.3 Å². The van der Waals surface area contributed by atoms with Gasteiger partial charge in [-0.3, -0.25) is 0 Å². The number of nitrogens with zero attached hydrogens (tertiary/aromatic N) is 3. The Kier molecular flexibility index (Phi) is 14.5. The molecule has 0 unspecified atom stereocenters. The molecule has 0 atom stereocenters. The average Bonchev–Trinajstić information content (AvgIpc) is 2.83. The Bertz CT molecular complexity index is 832. The van der Waals surface area contributed by atoms with E-state index in [0.29, 0.717) is 12.2 Å². The summed E-state index contributed by atoms with van der Waals surface area (Å²) >= 11 is 5.71. The van der Waals surface area contributed by atoms with Gasteiger partial charge in [-0.05, 0) is 63.6 Å². The lowest BCUT2D eigenvalue weighted by Crippen LogP contribution is -2.45. The van der Waals surface area contributed by atoms with E-state index >= 15 is 0 Å². The first-order valence-corrected chi connectivity index (χ1v) is 12.4. The summed E-state index contributed by atoms with van der Waals surface area (Å²) < 4.78 is 13.1. The summed E-state index contributed by atoms with van der Waals surface area (Å²) in [4.78, 5) is 18.5. The van der Waals surface area contributed by atoms with Crippen LogP contribution in [-0.2, 0) is 0 Å². The van der Waals surface area contributed by atoms with Gasteiger partial charge in [0.25, 0.3) is 0 Å². The third-order valence-electron chi connectivity index (χ3n) is 5.97. The molecule has 1 N–H and O–H groups in total. The van der Waals surface area contributed by atoms with Crippen molar-refractivity contribution in [3.63, 3.8) is 0 Å². The third kappa shape index (κ3) is 11.3. The van der Waals surface area contributed by atoms with Gasteiger partial charge in [0.2, 0.25) is 0 Å². The van der Waals surface area contributed by atoms with E-state index < -0.39 is 5.82 Å². The predicted molar refractivity (Wildman–Crippen MR) is 144 cm³/mol. The molecule has 0 radical (unpaired) electrons. The second-order valence-corrected chi connectivity index (χ2v) is 8.99. The zero-order chi connectivity index (χ0) is 25.5. The first-order chi connectivity index (χ1) is 16.2. The molecule has 0 bridgehead atoms. The van der Waals surface area contributed by atoms with Crippen molar-refractivity contribution in [1.29, 1.82) is 0 Å². The van der Waals surface area contributed by atoms with E-state index in [1.807, 2.05) is 12.2 Å². The van der Waals surface area contributed by atoms with Crippen molar-refractivity contribution >= 4 is 23.3 Å². The van der Waals surface area contributed by atoms with Gasteiger partial charge in [-0.2, -0.15) is 0 Å². The maximum absolute atomic E-state index is 13.1. The molecule has 190 valence electrons. The second kappa shape index (κ2) is 16.5. The van der Waals surface area contributed by atoms with Crippen LogP contribution in [0.25, 0.3) is 0 Å². The normalized spacial score (nSPS) is 15.4. The molecular formula is C27H42ClFN4O. The van der Waals surface area contributed by atoms with E-state index in [4.69, 9.17) is 11.6 Å². The van der Waals surface area contributed by atoms with Crippen molar-refractivity contribution in [3.8, 4) is 0 Å². The molecule has 1 fully saturated rings. The minimum atomic E-state index is -0.495. The molecular weight excluding hydrogens is 451 g/mol. The maximum Gasteiger partial charge on any atom is 0.321 e. The minimum Gasteiger partial charge on any atom is -0.328 e. The summed E-state index contributed by atoms with van der Waals surface area (Å²) in [6.07, 6.45) is 9.15. The third-order valence-corrected chi connectivity index (χ3v) is 6.26. The summed E-state index contributed by atoms with van der Waals surface area (Å²) in [6, 6.07) is 3.93. The zero-order valence-corrected chi connectivity index (χ0v) is 22.3. The van der Waals surface area contributed by atoms with Crippen molar-refractivity contribution in [3.05, 3.63) is 65.0 Å². The summed E-state index contributed by atoms with van der Waals surface area (Å²) in [5.74, 6) is -0.495. The molecule has 0 saturated carbocycles. The number of urea groups is 1. The minimum absolute atomic E-state index is 0.000481. The van der Waals surface area contributed by atoms with Crippen molar-refractivity contribution in [2.75, 3.05) is 58.7 Å². The van der Waals surface area contributed by atoms with Crippen LogP contribution in [0.4, 0.5) is 14.9 Å². The lowest BCUT2D eigenvalue weighted by atomic mass is 10.0. The van der Waals surface area contributed by atoms with E-state index in [0.717, 1.165) is 52.0 Å². The number of hydrogen-bond acceptors (Lipinski definition) is 3. The molecule has 1 heterocycles. The summed E-state index contributed by atoms with van der Waals surface area (Å²) in [7, 11) is 3.89. The van der Waals surface area contributed by atoms with Gasteiger partial charge >= 0.3 is 6.03 Å². The van der Waals surface area contributed by atoms with Crippen LogP contribution in [0.5, 0.6) is 0 Å². The quantitative estimate of drug-likeness (QED) is 0.403. The fourth-order valence-corrected chi connectivity index (χ4v) is 3.65. The predicted octanol–water partition coefficient (Wildman–Crippen LogP) is 6.45. The second-order valence-electron chi connectivity index (χ2n) is 8.59. The topological polar surface area (TPSA) is 38.8 Å². The summed E-state index contributed by atoms with van der Waals surface area (Å²) in [6.45, 7) is 16.2. The van der Waals surface area contributed by atoms with E-state index in [-0.39, 0.29) is 11.1 Å². The summed E-state index contributed by atoms with van der Waals surface area (Å²) in [5, 5.41) is 2.72. The van der Waals surface area contributed by atoms with Crippen LogP contribution in [0, 0.1) is 5.82 Å². The van der Waals surface area contributed by atoms with Gasteiger partial charge < -0.3 is 20.0 Å². The van der Waals surface area contributed by atoms with Crippen LogP contribution in [0.3, 0.4) is 0 Å². The number of allylic oxidation sites excluding steroid dienone is 5.